The number of nitrogens with zero attached hydrogens (tertiary/aromatic N) is 3. The zero-order valence-corrected chi connectivity index (χ0v) is 13.0. The maximum atomic E-state index is 12.6. The molecule has 1 amide bonds. The molecule has 5 nitrogen and oxygen atoms in total. The second-order valence-corrected chi connectivity index (χ2v) is 5.72. The summed E-state index contributed by atoms with van der Waals surface area (Å²) in [5.41, 5.74) is 8.45. The number of nitrogen functional groups attached to an aromatic ring is 1. The molecule has 2 N–H and O–H groups in total. The molecule has 0 unspecified atom stereocenters. The molecule has 2 rings (SSSR count). The number of fused-ring (bicyclic) bond motifs is 1. The van der Waals surface area contributed by atoms with E-state index in [1.807, 2.05) is 13.8 Å². The molecule has 0 bridgehead atoms. The van der Waals surface area contributed by atoms with Crippen LogP contribution in [0.3, 0.4) is 0 Å². The number of amides is 1. The van der Waals surface area contributed by atoms with E-state index in [2.05, 4.69) is 23.4 Å². The lowest BCUT2D eigenvalue weighted by molar-refractivity contribution is 0.0796. The van der Waals surface area contributed by atoms with Crippen molar-refractivity contribution in [1.82, 2.24) is 15.1 Å². The molecule has 0 aliphatic carbocycles. The fraction of sp³-hybridized carbons (Fsp3) is 0.267. The van der Waals surface area contributed by atoms with Crippen molar-refractivity contribution in [2.24, 2.45) is 0 Å². The number of anilines is 1. The summed E-state index contributed by atoms with van der Waals surface area (Å²) in [6.45, 7) is 12.1. The highest BCUT2D eigenvalue weighted by Crippen LogP contribution is 2.35. The maximum Gasteiger partial charge on any atom is 0.266 e. The lowest BCUT2D eigenvalue weighted by atomic mass is 10.1. The quantitative estimate of drug-likeness (QED) is 0.862. The highest BCUT2D eigenvalue weighted by molar-refractivity contribution is 7.21. The van der Waals surface area contributed by atoms with Crippen LogP contribution in [0.25, 0.3) is 10.2 Å². The molecule has 0 radical (unpaired) electrons. The SMILES string of the molecule is C=CCN(CC=C)C(=O)c1sc2nnc(C)c(C)c2c1N. The first-order chi connectivity index (χ1) is 10.0. The molecule has 2 aromatic rings. The number of nitrogens with two attached hydrogens (primary N) is 1. The number of carbonyl (C=O) groups excluding carboxylic acids is 1. The maximum absolute atomic E-state index is 12.6. The summed E-state index contributed by atoms with van der Waals surface area (Å²) in [6.07, 6.45) is 3.36. The van der Waals surface area contributed by atoms with Gasteiger partial charge in [0.05, 0.1) is 11.4 Å². The summed E-state index contributed by atoms with van der Waals surface area (Å²) in [6, 6.07) is 0. The van der Waals surface area contributed by atoms with Gasteiger partial charge in [-0.1, -0.05) is 12.2 Å². The van der Waals surface area contributed by atoms with Crippen LogP contribution in [-0.4, -0.2) is 34.1 Å². The monoisotopic (exact) mass is 302 g/mol. The Hall–Kier alpha value is -2.21. The van der Waals surface area contributed by atoms with Crippen LogP contribution < -0.4 is 5.73 Å². The van der Waals surface area contributed by atoms with E-state index in [1.54, 1.807) is 17.1 Å². The zero-order valence-electron chi connectivity index (χ0n) is 12.2. The molecule has 2 heterocycles. The molecule has 0 atom stereocenters. The van der Waals surface area contributed by atoms with Crippen molar-refractivity contribution < 1.29 is 4.79 Å². The lowest BCUT2D eigenvalue weighted by Gasteiger charge is -2.18. The first-order valence-corrected chi connectivity index (χ1v) is 7.35. The van der Waals surface area contributed by atoms with E-state index in [9.17, 15) is 4.79 Å². The van der Waals surface area contributed by atoms with Crippen molar-refractivity contribution in [2.75, 3.05) is 18.8 Å². The van der Waals surface area contributed by atoms with Gasteiger partial charge >= 0.3 is 0 Å². The summed E-state index contributed by atoms with van der Waals surface area (Å²) in [4.78, 5) is 15.4. The molecule has 0 saturated heterocycles. The van der Waals surface area contributed by atoms with Crippen molar-refractivity contribution in [3.05, 3.63) is 41.4 Å². The lowest BCUT2D eigenvalue weighted by Crippen LogP contribution is -2.31. The van der Waals surface area contributed by atoms with Crippen LogP contribution in [0, 0.1) is 13.8 Å². The van der Waals surface area contributed by atoms with Gasteiger partial charge in [0.2, 0.25) is 0 Å². The molecule has 0 spiro atoms. The van der Waals surface area contributed by atoms with E-state index in [-0.39, 0.29) is 5.91 Å². The summed E-state index contributed by atoms with van der Waals surface area (Å²) in [7, 11) is 0. The topological polar surface area (TPSA) is 72.1 Å². The molecule has 2 aromatic heterocycles. The summed E-state index contributed by atoms with van der Waals surface area (Å²) >= 11 is 1.28. The van der Waals surface area contributed by atoms with Gasteiger partial charge in [-0.05, 0) is 19.4 Å². The standard InChI is InChI=1S/C15H18N4OS/c1-5-7-19(8-6-2)15(20)13-12(16)11-9(3)10(4)17-18-14(11)21-13/h5-6H,1-2,7-8,16H2,3-4H3. The number of thiophene rings is 1. The molecule has 110 valence electrons. The first kappa shape index (κ1) is 15.2. The molecule has 0 aromatic carbocycles. The van der Waals surface area contributed by atoms with Gasteiger partial charge in [0.25, 0.3) is 5.91 Å². The minimum absolute atomic E-state index is 0.132. The van der Waals surface area contributed by atoms with Crippen LogP contribution in [0.15, 0.2) is 25.3 Å². The first-order valence-electron chi connectivity index (χ1n) is 6.54. The van der Waals surface area contributed by atoms with E-state index < -0.39 is 0 Å². The summed E-state index contributed by atoms with van der Waals surface area (Å²) in [5.74, 6) is -0.132. The van der Waals surface area contributed by atoms with Crippen LogP contribution >= 0.6 is 11.3 Å². The molecular weight excluding hydrogens is 284 g/mol. The predicted molar refractivity (Wildman–Crippen MR) is 87.6 cm³/mol. The Kier molecular flexibility index (Phi) is 4.37. The molecule has 0 saturated carbocycles. The van der Waals surface area contributed by atoms with Gasteiger partial charge in [-0.25, -0.2) is 0 Å². The summed E-state index contributed by atoms with van der Waals surface area (Å²) in [5, 5.41) is 9.05. The van der Waals surface area contributed by atoms with E-state index in [0.717, 1.165) is 16.6 Å². The second-order valence-electron chi connectivity index (χ2n) is 4.72. The van der Waals surface area contributed by atoms with Gasteiger partial charge in [0, 0.05) is 18.5 Å². The number of aromatic nitrogens is 2. The molecular formula is C15H18N4OS. The van der Waals surface area contributed by atoms with E-state index in [1.165, 1.54) is 11.3 Å². The molecule has 0 aliphatic rings. The predicted octanol–water partition coefficient (Wildman–Crippen LogP) is 2.70. The number of hydrogen-bond donors (Lipinski definition) is 1. The Bertz CT molecular complexity index is 710. The van der Waals surface area contributed by atoms with Gasteiger partial charge in [-0.15, -0.1) is 29.6 Å². The fourth-order valence-electron chi connectivity index (χ4n) is 2.10. The van der Waals surface area contributed by atoms with Crippen LogP contribution in [0.2, 0.25) is 0 Å². The normalized spacial score (nSPS) is 10.6. The Balaban J connectivity index is 2.53. The van der Waals surface area contributed by atoms with Gasteiger partial charge < -0.3 is 10.6 Å². The van der Waals surface area contributed by atoms with Crippen LogP contribution in [0.5, 0.6) is 0 Å². The van der Waals surface area contributed by atoms with Gasteiger partial charge in [-0.2, -0.15) is 5.10 Å². The highest BCUT2D eigenvalue weighted by atomic mass is 32.1. The highest BCUT2D eigenvalue weighted by Gasteiger charge is 2.23. The fourth-order valence-corrected chi connectivity index (χ4v) is 3.16. The van der Waals surface area contributed by atoms with Gasteiger partial charge in [0.15, 0.2) is 0 Å². The Morgan fingerprint density at radius 1 is 1.29 bits per heavy atom. The van der Waals surface area contributed by atoms with Crippen molar-refractivity contribution in [2.45, 2.75) is 13.8 Å². The van der Waals surface area contributed by atoms with Crippen molar-refractivity contribution in [1.29, 1.82) is 0 Å². The summed E-state index contributed by atoms with van der Waals surface area (Å²) < 4.78 is 0. The average molecular weight is 302 g/mol. The van der Waals surface area contributed by atoms with Crippen molar-refractivity contribution >= 4 is 33.1 Å². The second kappa shape index (κ2) is 6.05. The average Bonchev–Trinajstić information content (AvgIpc) is 2.80. The minimum Gasteiger partial charge on any atom is -0.397 e. The van der Waals surface area contributed by atoms with Crippen LogP contribution in [0.1, 0.15) is 20.9 Å². The van der Waals surface area contributed by atoms with E-state index in [0.29, 0.717) is 28.5 Å². The molecule has 6 heteroatoms. The molecule has 21 heavy (non-hydrogen) atoms. The Morgan fingerprint density at radius 2 is 1.90 bits per heavy atom. The molecule has 0 fully saturated rings. The minimum atomic E-state index is -0.132. The van der Waals surface area contributed by atoms with Gasteiger partial charge in [0.1, 0.15) is 9.71 Å². The Morgan fingerprint density at radius 3 is 2.48 bits per heavy atom. The van der Waals surface area contributed by atoms with Gasteiger partial charge in [-0.3, -0.25) is 4.79 Å². The van der Waals surface area contributed by atoms with Crippen LogP contribution in [0.4, 0.5) is 5.69 Å². The van der Waals surface area contributed by atoms with Crippen molar-refractivity contribution in [3.63, 3.8) is 0 Å². The Labute approximate surface area is 127 Å². The van der Waals surface area contributed by atoms with Crippen molar-refractivity contribution in [3.8, 4) is 0 Å². The number of aryl methyl sites for hydroxylation is 2. The van der Waals surface area contributed by atoms with E-state index >= 15 is 0 Å². The third-order valence-corrected chi connectivity index (χ3v) is 4.39. The number of carbonyl (C=O) groups is 1. The number of rotatable bonds is 5. The van der Waals surface area contributed by atoms with E-state index in [4.69, 9.17) is 5.73 Å². The third-order valence-electron chi connectivity index (χ3n) is 3.32. The third kappa shape index (κ3) is 2.67. The zero-order chi connectivity index (χ0) is 15.6. The van der Waals surface area contributed by atoms with Crippen LogP contribution in [-0.2, 0) is 0 Å². The smallest absolute Gasteiger partial charge is 0.266 e. The largest absolute Gasteiger partial charge is 0.397 e. The molecule has 0 aliphatic heterocycles. The number of hydrogen-bond acceptors (Lipinski definition) is 5.